The van der Waals surface area contributed by atoms with E-state index in [0.717, 1.165) is 34.4 Å². The van der Waals surface area contributed by atoms with E-state index in [9.17, 15) is 9.90 Å². The highest BCUT2D eigenvalue weighted by molar-refractivity contribution is 8.03. The van der Waals surface area contributed by atoms with Crippen molar-refractivity contribution in [2.24, 2.45) is 0 Å². The summed E-state index contributed by atoms with van der Waals surface area (Å²) < 4.78 is 18.3. The first kappa shape index (κ1) is 19.1. The Labute approximate surface area is 171 Å². The van der Waals surface area contributed by atoms with E-state index in [-0.39, 0.29) is 16.9 Å². The van der Waals surface area contributed by atoms with Gasteiger partial charge < -0.3 is 23.6 Å². The lowest BCUT2D eigenvalue weighted by Crippen LogP contribution is -2.00. The molecule has 3 heterocycles. The molecule has 4 rings (SSSR count). The van der Waals surface area contributed by atoms with E-state index in [1.54, 1.807) is 6.08 Å². The number of hydrogen-bond donors (Lipinski definition) is 1. The topological polar surface area (TPSA) is 99.6 Å². The SMILES string of the molecule is CCc1nnc(S/C(=C/c2cc(C)n(-c3ccc4c(c3)OCO4)c2C)C(=O)O)o1. The van der Waals surface area contributed by atoms with Crippen molar-refractivity contribution in [3.8, 4) is 17.2 Å². The molecule has 0 aliphatic carbocycles. The maximum atomic E-state index is 11.8. The lowest BCUT2D eigenvalue weighted by Gasteiger charge is -2.10. The molecule has 0 radical (unpaired) electrons. The zero-order valence-corrected chi connectivity index (χ0v) is 16.9. The van der Waals surface area contributed by atoms with Gasteiger partial charge in [-0.15, -0.1) is 10.2 Å². The van der Waals surface area contributed by atoms with Crippen LogP contribution < -0.4 is 9.47 Å². The highest BCUT2D eigenvalue weighted by Crippen LogP contribution is 2.35. The minimum Gasteiger partial charge on any atom is -0.477 e. The maximum absolute atomic E-state index is 11.8. The van der Waals surface area contributed by atoms with Gasteiger partial charge in [-0.1, -0.05) is 6.92 Å². The number of carboxylic acid groups (broad SMARTS) is 1. The summed E-state index contributed by atoms with van der Waals surface area (Å²) in [6.45, 7) is 6.01. The molecule has 3 aromatic rings. The molecule has 0 spiro atoms. The zero-order chi connectivity index (χ0) is 20.5. The summed E-state index contributed by atoms with van der Waals surface area (Å²) in [5.74, 6) is 0.821. The van der Waals surface area contributed by atoms with Crippen LogP contribution in [0.2, 0.25) is 0 Å². The van der Waals surface area contributed by atoms with Crippen LogP contribution in [0.4, 0.5) is 0 Å². The molecule has 1 aromatic carbocycles. The molecule has 2 aromatic heterocycles. The Balaban J connectivity index is 1.69. The molecule has 0 fully saturated rings. The molecule has 150 valence electrons. The first-order valence-corrected chi connectivity index (χ1v) is 9.82. The Hall–Kier alpha value is -3.20. The van der Waals surface area contributed by atoms with E-state index in [2.05, 4.69) is 10.2 Å². The van der Waals surface area contributed by atoms with Crippen molar-refractivity contribution in [3.05, 3.63) is 52.0 Å². The normalized spacial score (nSPS) is 13.1. The van der Waals surface area contributed by atoms with Crippen molar-refractivity contribution < 1.29 is 23.8 Å². The number of rotatable bonds is 6. The van der Waals surface area contributed by atoms with Gasteiger partial charge in [0.2, 0.25) is 12.7 Å². The number of ether oxygens (including phenoxy) is 2. The Kier molecular flexibility index (Phi) is 5.06. The van der Waals surface area contributed by atoms with Crippen LogP contribution in [0, 0.1) is 13.8 Å². The third-order valence-electron chi connectivity index (χ3n) is 4.53. The van der Waals surface area contributed by atoms with Gasteiger partial charge in [-0.3, -0.25) is 0 Å². The van der Waals surface area contributed by atoms with Gasteiger partial charge in [0.05, 0.1) is 0 Å². The summed E-state index contributed by atoms with van der Waals surface area (Å²) in [6.07, 6.45) is 2.21. The van der Waals surface area contributed by atoms with Gasteiger partial charge in [0.1, 0.15) is 4.91 Å². The van der Waals surface area contributed by atoms with Gasteiger partial charge in [0, 0.05) is 29.6 Å². The number of carbonyl (C=O) groups is 1. The summed E-state index contributed by atoms with van der Waals surface area (Å²) in [6, 6.07) is 7.66. The van der Waals surface area contributed by atoms with Gasteiger partial charge in [-0.05, 0) is 55.4 Å². The third kappa shape index (κ3) is 3.73. The van der Waals surface area contributed by atoms with Crippen molar-refractivity contribution in [3.63, 3.8) is 0 Å². The Morgan fingerprint density at radius 2 is 2.03 bits per heavy atom. The molecule has 0 saturated carbocycles. The number of thioether (sulfide) groups is 1. The quantitative estimate of drug-likeness (QED) is 0.478. The van der Waals surface area contributed by atoms with Crippen molar-refractivity contribution in [2.75, 3.05) is 6.79 Å². The van der Waals surface area contributed by atoms with Crippen LogP contribution in [0.25, 0.3) is 11.8 Å². The largest absolute Gasteiger partial charge is 0.477 e. The molecule has 0 unspecified atom stereocenters. The molecule has 29 heavy (non-hydrogen) atoms. The van der Waals surface area contributed by atoms with E-state index in [4.69, 9.17) is 13.9 Å². The molecule has 8 nitrogen and oxygen atoms in total. The van der Waals surface area contributed by atoms with Gasteiger partial charge in [-0.2, -0.15) is 0 Å². The number of benzene rings is 1. The molecule has 1 aliphatic rings. The predicted octanol–water partition coefficient (Wildman–Crippen LogP) is 3.99. The van der Waals surface area contributed by atoms with E-state index < -0.39 is 5.97 Å². The Morgan fingerprint density at radius 1 is 1.24 bits per heavy atom. The predicted molar refractivity (Wildman–Crippen MR) is 107 cm³/mol. The number of fused-ring (bicyclic) bond motifs is 1. The van der Waals surface area contributed by atoms with E-state index in [1.165, 1.54) is 0 Å². The maximum Gasteiger partial charge on any atom is 0.342 e. The number of nitrogens with zero attached hydrogens (tertiary/aromatic N) is 3. The van der Waals surface area contributed by atoms with Crippen LogP contribution in [0.15, 0.2) is 38.8 Å². The van der Waals surface area contributed by atoms with Gasteiger partial charge >= 0.3 is 5.97 Å². The van der Waals surface area contributed by atoms with Crippen LogP contribution in [-0.4, -0.2) is 32.6 Å². The highest BCUT2D eigenvalue weighted by Gasteiger charge is 2.19. The van der Waals surface area contributed by atoms with Crippen LogP contribution in [0.5, 0.6) is 11.5 Å². The van der Waals surface area contributed by atoms with E-state index in [0.29, 0.717) is 23.8 Å². The third-order valence-corrected chi connectivity index (χ3v) is 5.38. The van der Waals surface area contributed by atoms with Crippen molar-refractivity contribution >= 4 is 23.8 Å². The smallest absolute Gasteiger partial charge is 0.342 e. The molecule has 0 amide bonds. The molecule has 0 atom stereocenters. The average molecular weight is 413 g/mol. The second kappa shape index (κ2) is 7.67. The fraction of sp³-hybridized carbons (Fsp3) is 0.250. The Bertz CT molecular complexity index is 1120. The summed E-state index contributed by atoms with van der Waals surface area (Å²) >= 11 is 0.939. The summed E-state index contributed by atoms with van der Waals surface area (Å²) in [5, 5.41) is 17.6. The molecule has 1 N–H and O–H groups in total. The standard InChI is InChI=1S/C20H19N3O5S/c1-4-18-21-22-20(28-18)29-17(19(24)25)8-13-7-11(2)23(12(13)3)14-5-6-15-16(9-14)27-10-26-15/h5-9H,4,10H2,1-3H3,(H,24,25)/b17-8+. The second-order valence-corrected chi connectivity index (χ2v) is 7.42. The fourth-order valence-electron chi connectivity index (χ4n) is 3.15. The monoisotopic (exact) mass is 413 g/mol. The Morgan fingerprint density at radius 3 is 2.76 bits per heavy atom. The number of carboxylic acids is 1. The van der Waals surface area contributed by atoms with E-state index >= 15 is 0 Å². The lowest BCUT2D eigenvalue weighted by molar-refractivity contribution is -0.131. The number of aliphatic carboxylic acids is 1. The number of hydrogen-bond acceptors (Lipinski definition) is 7. The van der Waals surface area contributed by atoms with Crippen LogP contribution >= 0.6 is 11.8 Å². The van der Waals surface area contributed by atoms with E-state index in [1.807, 2.05) is 49.6 Å². The summed E-state index contributed by atoms with van der Waals surface area (Å²) in [5.41, 5.74) is 3.58. The lowest BCUT2D eigenvalue weighted by atomic mass is 10.2. The minimum absolute atomic E-state index is 0.0993. The summed E-state index contributed by atoms with van der Waals surface area (Å²) in [4.78, 5) is 11.9. The van der Waals surface area contributed by atoms with Crippen LogP contribution in [0.1, 0.15) is 29.8 Å². The van der Waals surface area contributed by atoms with Crippen LogP contribution in [0.3, 0.4) is 0 Å². The average Bonchev–Trinajstić information content (AvgIpc) is 3.40. The van der Waals surface area contributed by atoms with Gasteiger partial charge in [0.15, 0.2) is 11.5 Å². The van der Waals surface area contributed by atoms with Gasteiger partial charge in [0.25, 0.3) is 5.22 Å². The molecule has 1 aliphatic heterocycles. The van der Waals surface area contributed by atoms with Gasteiger partial charge in [-0.25, -0.2) is 4.79 Å². The fourth-order valence-corrected chi connectivity index (χ4v) is 3.83. The zero-order valence-electron chi connectivity index (χ0n) is 16.1. The van der Waals surface area contributed by atoms with Crippen molar-refractivity contribution in [2.45, 2.75) is 32.4 Å². The number of aromatic nitrogens is 3. The molecule has 0 saturated heterocycles. The number of aryl methyl sites for hydroxylation is 2. The highest BCUT2D eigenvalue weighted by atomic mass is 32.2. The molecular weight excluding hydrogens is 394 g/mol. The second-order valence-electron chi connectivity index (χ2n) is 6.43. The molecular formula is C20H19N3O5S. The van der Waals surface area contributed by atoms with Crippen molar-refractivity contribution in [1.82, 2.24) is 14.8 Å². The molecule has 0 bridgehead atoms. The minimum atomic E-state index is -1.06. The van der Waals surface area contributed by atoms with Crippen LogP contribution in [-0.2, 0) is 11.2 Å². The molecule has 9 heteroatoms. The van der Waals surface area contributed by atoms with Crippen molar-refractivity contribution in [1.29, 1.82) is 0 Å². The first-order valence-electron chi connectivity index (χ1n) is 9.00. The summed E-state index contributed by atoms with van der Waals surface area (Å²) in [7, 11) is 0. The first-order chi connectivity index (χ1) is 14.0.